The van der Waals surface area contributed by atoms with Gasteiger partial charge in [0.25, 0.3) is 0 Å². The zero-order valence-electron chi connectivity index (χ0n) is 16.6. The number of ether oxygens (including phenoxy) is 2. The second-order valence-electron chi connectivity index (χ2n) is 7.64. The normalized spacial score (nSPS) is 22.2. The van der Waals surface area contributed by atoms with Gasteiger partial charge in [0.1, 0.15) is 18.9 Å². The van der Waals surface area contributed by atoms with Crippen LogP contribution in [0.25, 0.3) is 10.9 Å². The summed E-state index contributed by atoms with van der Waals surface area (Å²) >= 11 is 0. The van der Waals surface area contributed by atoms with Crippen LogP contribution in [0.15, 0.2) is 54.5 Å². The Morgan fingerprint density at radius 1 is 1.30 bits per heavy atom. The Morgan fingerprint density at radius 3 is 2.97 bits per heavy atom. The number of carbonyl (C=O) groups excluding carboxylic acids is 2. The van der Waals surface area contributed by atoms with Crippen LogP contribution in [0.5, 0.6) is 0 Å². The first-order chi connectivity index (χ1) is 14.5. The molecule has 2 aliphatic rings. The molecule has 1 aromatic carbocycles. The van der Waals surface area contributed by atoms with Crippen LogP contribution >= 0.6 is 0 Å². The fourth-order valence-electron chi connectivity index (χ4n) is 3.85. The molecule has 4 rings (SSSR count). The molecule has 2 aromatic rings. The van der Waals surface area contributed by atoms with E-state index in [1.165, 1.54) is 0 Å². The fourth-order valence-corrected chi connectivity index (χ4v) is 3.85. The summed E-state index contributed by atoms with van der Waals surface area (Å²) in [6.07, 6.45) is 9.37. The number of amides is 1. The van der Waals surface area contributed by atoms with Gasteiger partial charge in [-0.3, -0.25) is 9.59 Å². The highest BCUT2D eigenvalue weighted by molar-refractivity contribution is 5.92. The number of aromatic amines is 1. The van der Waals surface area contributed by atoms with Gasteiger partial charge in [-0.15, -0.1) is 0 Å². The number of allylic oxidation sites excluding steroid dienone is 1. The van der Waals surface area contributed by atoms with E-state index in [1.54, 1.807) is 6.20 Å². The first-order valence-electron chi connectivity index (χ1n) is 10.1. The molecule has 1 saturated heterocycles. The van der Waals surface area contributed by atoms with Crippen molar-refractivity contribution in [3.05, 3.63) is 60.1 Å². The lowest BCUT2D eigenvalue weighted by atomic mass is 10.1. The summed E-state index contributed by atoms with van der Waals surface area (Å²) in [6, 6.07) is 7.15. The monoisotopic (exact) mass is 410 g/mol. The molecule has 5 N–H and O–H groups in total. The summed E-state index contributed by atoms with van der Waals surface area (Å²) in [5.74, 6) is -0.877. The van der Waals surface area contributed by atoms with Crippen molar-refractivity contribution in [3.63, 3.8) is 0 Å². The third-order valence-corrected chi connectivity index (χ3v) is 5.48. The number of aromatic nitrogens is 1. The quantitative estimate of drug-likeness (QED) is 0.597. The molecule has 1 fully saturated rings. The number of hydrogen-bond acceptors (Lipinski definition) is 6. The zero-order chi connectivity index (χ0) is 21.1. The number of nitrogens with one attached hydrogen (secondary N) is 1. The van der Waals surface area contributed by atoms with Gasteiger partial charge in [-0.25, -0.2) is 0 Å². The number of nitrogens with zero attached hydrogens (tertiary/aromatic N) is 1. The number of para-hydroxylation sites is 1. The minimum atomic E-state index is -0.743. The molecule has 3 atom stereocenters. The Kier molecular flexibility index (Phi) is 5.87. The van der Waals surface area contributed by atoms with Gasteiger partial charge in [-0.05, 0) is 30.9 Å². The van der Waals surface area contributed by atoms with E-state index in [2.05, 4.69) is 4.98 Å². The molecular formula is C22H26N4O4. The van der Waals surface area contributed by atoms with Crippen molar-refractivity contribution in [1.82, 2.24) is 9.88 Å². The minimum absolute atomic E-state index is 0.154. The lowest BCUT2D eigenvalue weighted by Crippen LogP contribution is -2.36. The van der Waals surface area contributed by atoms with E-state index in [0.717, 1.165) is 29.3 Å². The maximum Gasteiger partial charge on any atom is 0.323 e. The number of primary amides is 1. The van der Waals surface area contributed by atoms with Crippen molar-refractivity contribution < 1.29 is 19.1 Å². The smallest absolute Gasteiger partial charge is 0.323 e. The molecule has 3 heterocycles. The van der Waals surface area contributed by atoms with Crippen LogP contribution in [0.2, 0.25) is 0 Å². The highest BCUT2D eigenvalue weighted by Gasteiger charge is 2.30. The van der Waals surface area contributed by atoms with E-state index >= 15 is 0 Å². The van der Waals surface area contributed by atoms with Crippen molar-refractivity contribution in [2.24, 2.45) is 11.5 Å². The maximum absolute atomic E-state index is 12.4. The number of rotatable bonds is 7. The molecule has 1 amide bonds. The molecule has 0 saturated carbocycles. The van der Waals surface area contributed by atoms with Crippen LogP contribution in [0.1, 0.15) is 24.8 Å². The molecule has 0 radical (unpaired) electrons. The zero-order valence-corrected chi connectivity index (χ0v) is 16.6. The number of nitrogens with two attached hydrogens (primary N) is 2. The molecule has 158 valence electrons. The molecule has 0 aliphatic carbocycles. The van der Waals surface area contributed by atoms with E-state index in [1.807, 2.05) is 47.6 Å². The van der Waals surface area contributed by atoms with Gasteiger partial charge in [-0.2, -0.15) is 0 Å². The first kappa shape index (κ1) is 20.2. The first-order valence-corrected chi connectivity index (χ1v) is 10.1. The number of fused-ring (bicyclic) bond motifs is 1. The second-order valence-corrected chi connectivity index (χ2v) is 7.64. The summed E-state index contributed by atoms with van der Waals surface area (Å²) in [7, 11) is 0. The van der Waals surface area contributed by atoms with Crippen molar-refractivity contribution in [2.45, 2.75) is 44.1 Å². The van der Waals surface area contributed by atoms with Crippen LogP contribution < -0.4 is 11.5 Å². The van der Waals surface area contributed by atoms with Crippen LogP contribution in [0.3, 0.4) is 0 Å². The Balaban J connectivity index is 1.27. The number of hydrogen-bond donors (Lipinski definition) is 3. The van der Waals surface area contributed by atoms with Crippen LogP contribution in [-0.4, -0.2) is 46.7 Å². The number of esters is 1. The van der Waals surface area contributed by atoms with Gasteiger partial charge in [0.2, 0.25) is 5.91 Å². The van der Waals surface area contributed by atoms with Crippen LogP contribution in [0.4, 0.5) is 0 Å². The molecule has 8 heteroatoms. The number of benzene rings is 1. The highest BCUT2D eigenvalue weighted by atomic mass is 16.6. The molecule has 0 bridgehead atoms. The lowest BCUT2D eigenvalue weighted by molar-refractivity contribution is -0.150. The fraction of sp³-hybridized carbons (Fsp3) is 0.364. The summed E-state index contributed by atoms with van der Waals surface area (Å²) < 4.78 is 11.4. The Hall–Kier alpha value is -3.10. The highest BCUT2D eigenvalue weighted by Crippen LogP contribution is 2.26. The Labute approximate surface area is 174 Å². The molecule has 0 spiro atoms. The van der Waals surface area contributed by atoms with Crippen molar-refractivity contribution >= 4 is 22.8 Å². The predicted octanol–water partition coefficient (Wildman–Crippen LogP) is 1.67. The Morgan fingerprint density at radius 2 is 2.13 bits per heavy atom. The summed E-state index contributed by atoms with van der Waals surface area (Å²) in [6.45, 7) is 0.154. The standard InChI is InChI=1S/C22H26N4O4/c23-18(10-15-11-25-19-6-2-1-5-17(15)19)22(28)29-13-16-7-8-20(30-16)26-9-3-4-14(12-26)21(24)27/h1-3,5-6,9,11-12,16,18,20,25H,4,7-8,10,13,23H2,(H2,24,27). The van der Waals surface area contributed by atoms with E-state index in [4.69, 9.17) is 20.9 Å². The largest absolute Gasteiger partial charge is 0.462 e. The summed E-state index contributed by atoms with van der Waals surface area (Å²) in [5, 5.41) is 1.06. The third kappa shape index (κ3) is 4.39. The second kappa shape index (κ2) is 8.73. The van der Waals surface area contributed by atoms with Gasteiger partial charge < -0.3 is 30.8 Å². The van der Waals surface area contributed by atoms with E-state index in [-0.39, 0.29) is 18.9 Å². The topological polar surface area (TPSA) is 124 Å². The van der Waals surface area contributed by atoms with Gasteiger partial charge in [-0.1, -0.05) is 24.3 Å². The number of H-pyrrole nitrogens is 1. The van der Waals surface area contributed by atoms with Crippen LogP contribution in [-0.2, 0) is 25.5 Å². The summed E-state index contributed by atoms with van der Waals surface area (Å²) in [5.41, 5.74) is 14.0. The van der Waals surface area contributed by atoms with Crippen molar-refractivity contribution in [3.8, 4) is 0 Å². The average Bonchev–Trinajstić information content (AvgIpc) is 3.39. The van der Waals surface area contributed by atoms with E-state index < -0.39 is 17.9 Å². The van der Waals surface area contributed by atoms with E-state index in [0.29, 0.717) is 18.4 Å². The van der Waals surface area contributed by atoms with Gasteiger partial charge >= 0.3 is 5.97 Å². The SMILES string of the molecule is NC(=O)C1=CN(C2CCC(COC(=O)C(N)Cc3c[nH]c4ccccc34)O2)C=CC1. The molecule has 1 aromatic heterocycles. The maximum atomic E-state index is 12.4. The third-order valence-electron chi connectivity index (χ3n) is 5.48. The lowest BCUT2D eigenvalue weighted by Gasteiger charge is -2.27. The predicted molar refractivity (Wildman–Crippen MR) is 112 cm³/mol. The van der Waals surface area contributed by atoms with Crippen molar-refractivity contribution in [2.75, 3.05) is 6.61 Å². The number of carbonyl (C=O) groups is 2. The van der Waals surface area contributed by atoms with Gasteiger partial charge in [0.15, 0.2) is 0 Å². The van der Waals surface area contributed by atoms with Gasteiger partial charge in [0, 0.05) is 41.5 Å². The molecule has 30 heavy (non-hydrogen) atoms. The van der Waals surface area contributed by atoms with Crippen LogP contribution in [0, 0.1) is 0 Å². The van der Waals surface area contributed by atoms with Crippen molar-refractivity contribution in [1.29, 1.82) is 0 Å². The minimum Gasteiger partial charge on any atom is -0.462 e. The average molecular weight is 410 g/mol. The van der Waals surface area contributed by atoms with Gasteiger partial charge in [0.05, 0.1) is 6.10 Å². The molecule has 3 unspecified atom stereocenters. The summed E-state index contributed by atoms with van der Waals surface area (Å²) in [4.78, 5) is 28.8. The van der Waals surface area contributed by atoms with E-state index in [9.17, 15) is 9.59 Å². The molecular weight excluding hydrogens is 384 g/mol. The Bertz CT molecular complexity index is 996. The molecule has 2 aliphatic heterocycles. The molecule has 8 nitrogen and oxygen atoms in total.